The van der Waals surface area contributed by atoms with Crippen LogP contribution in [0.4, 0.5) is 4.39 Å². The Labute approximate surface area is 103 Å². The maximum absolute atomic E-state index is 13.0. The van der Waals surface area contributed by atoms with Crippen molar-refractivity contribution in [3.63, 3.8) is 0 Å². The van der Waals surface area contributed by atoms with Gasteiger partial charge in [-0.05, 0) is 17.7 Å². The summed E-state index contributed by atoms with van der Waals surface area (Å²) < 4.78 is 18.2. The van der Waals surface area contributed by atoms with E-state index in [2.05, 4.69) is 4.98 Å². The summed E-state index contributed by atoms with van der Waals surface area (Å²) >= 11 is 0. The van der Waals surface area contributed by atoms with Crippen molar-refractivity contribution in [1.29, 1.82) is 0 Å². The summed E-state index contributed by atoms with van der Waals surface area (Å²) in [4.78, 5) is 14.6. The quantitative estimate of drug-likeness (QED) is 0.883. The number of aliphatic carboxylic acids is 1. The fourth-order valence-corrected chi connectivity index (χ4v) is 1.60. The molecular formula is C13H12FNO3. The van der Waals surface area contributed by atoms with Crippen LogP contribution in [0, 0.1) is 5.82 Å². The Kier molecular flexibility index (Phi) is 3.72. The van der Waals surface area contributed by atoms with Gasteiger partial charge in [0.15, 0.2) is 5.89 Å². The molecule has 2 aromatic rings. The molecule has 4 nitrogen and oxygen atoms in total. The van der Waals surface area contributed by atoms with Crippen molar-refractivity contribution in [1.82, 2.24) is 4.98 Å². The highest BCUT2D eigenvalue weighted by atomic mass is 19.1. The molecule has 18 heavy (non-hydrogen) atoms. The van der Waals surface area contributed by atoms with Crippen molar-refractivity contribution in [2.75, 3.05) is 0 Å². The van der Waals surface area contributed by atoms with Gasteiger partial charge >= 0.3 is 5.97 Å². The number of oxazole rings is 1. The molecule has 0 aliphatic carbocycles. The monoisotopic (exact) mass is 249 g/mol. The average Bonchev–Trinajstić information content (AvgIpc) is 2.74. The van der Waals surface area contributed by atoms with E-state index in [-0.39, 0.29) is 12.2 Å². The van der Waals surface area contributed by atoms with E-state index in [0.717, 1.165) is 5.56 Å². The summed E-state index contributed by atoms with van der Waals surface area (Å²) in [6.07, 6.45) is 2.19. The first kappa shape index (κ1) is 12.3. The number of aryl methyl sites for hydroxylation is 1. The van der Waals surface area contributed by atoms with Gasteiger partial charge in [-0.2, -0.15) is 0 Å². The second-order valence-corrected chi connectivity index (χ2v) is 3.93. The van der Waals surface area contributed by atoms with E-state index >= 15 is 0 Å². The first-order valence-electron chi connectivity index (χ1n) is 5.53. The number of halogens is 1. The molecule has 1 N–H and O–H groups in total. The summed E-state index contributed by atoms with van der Waals surface area (Å²) in [6.45, 7) is 0. The highest BCUT2D eigenvalue weighted by molar-refractivity contribution is 5.66. The zero-order chi connectivity index (χ0) is 13.0. The molecule has 0 radical (unpaired) electrons. The van der Waals surface area contributed by atoms with Crippen molar-refractivity contribution in [3.8, 4) is 0 Å². The van der Waals surface area contributed by atoms with Crippen LogP contribution < -0.4 is 0 Å². The number of aromatic nitrogens is 1. The number of carboxylic acids is 1. The molecular weight excluding hydrogens is 237 g/mol. The third-order valence-corrected chi connectivity index (χ3v) is 2.44. The average molecular weight is 249 g/mol. The predicted molar refractivity (Wildman–Crippen MR) is 61.7 cm³/mol. The van der Waals surface area contributed by atoms with Crippen LogP contribution >= 0.6 is 0 Å². The van der Waals surface area contributed by atoms with E-state index < -0.39 is 5.97 Å². The molecule has 0 saturated carbocycles. The normalized spacial score (nSPS) is 10.5. The Balaban J connectivity index is 2.00. The van der Waals surface area contributed by atoms with Gasteiger partial charge in [-0.3, -0.25) is 4.79 Å². The minimum Gasteiger partial charge on any atom is -0.481 e. The van der Waals surface area contributed by atoms with Crippen molar-refractivity contribution >= 4 is 5.97 Å². The van der Waals surface area contributed by atoms with Gasteiger partial charge in [-0.25, -0.2) is 9.37 Å². The molecule has 1 aromatic carbocycles. The molecule has 0 saturated heterocycles. The summed E-state index contributed by atoms with van der Waals surface area (Å²) in [6, 6.07) is 6.20. The van der Waals surface area contributed by atoms with E-state index in [1.54, 1.807) is 12.1 Å². The second-order valence-electron chi connectivity index (χ2n) is 3.93. The lowest BCUT2D eigenvalue weighted by Crippen LogP contribution is -1.98. The number of rotatable bonds is 5. The Morgan fingerprint density at radius 1 is 1.44 bits per heavy atom. The summed E-state index contributed by atoms with van der Waals surface area (Å²) in [5.74, 6) is -0.712. The van der Waals surface area contributed by atoms with Gasteiger partial charge in [0.05, 0.1) is 12.1 Å². The van der Waals surface area contributed by atoms with Crippen LogP contribution in [0.15, 0.2) is 34.9 Å². The van der Waals surface area contributed by atoms with Crippen molar-refractivity contribution in [2.45, 2.75) is 19.3 Å². The van der Waals surface area contributed by atoms with E-state index in [1.165, 1.54) is 18.4 Å². The minimum absolute atomic E-state index is 0.0198. The first-order chi connectivity index (χ1) is 8.63. The van der Waals surface area contributed by atoms with Gasteiger partial charge in [-0.1, -0.05) is 12.1 Å². The van der Waals surface area contributed by atoms with Gasteiger partial charge in [0.25, 0.3) is 0 Å². The molecule has 5 heteroatoms. The van der Waals surface area contributed by atoms with Crippen LogP contribution in [0.2, 0.25) is 0 Å². The third-order valence-electron chi connectivity index (χ3n) is 2.44. The zero-order valence-electron chi connectivity index (χ0n) is 9.60. The standard InChI is InChI=1S/C13H12FNO3/c14-10-3-1-2-9(6-10)7-12-15-11(8-18-12)4-5-13(16)17/h1-3,6,8H,4-5,7H2,(H,16,17). The molecule has 0 unspecified atom stereocenters. The Morgan fingerprint density at radius 3 is 3.00 bits per heavy atom. The minimum atomic E-state index is -0.871. The number of hydrogen-bond acceptors (Lipinski definition) is 3. The number of benzene rings is 1. The molecule has 0 fully saturated rings. The van der Waals surface area contributed by atoms with Gasteiger partial charge in [0, 0.05) is 12.8 Å². The molecule has 0 aliphatic heterocycles. The van der Waals surface area contributed by atoms with E-state index in [9.17, 15) is 9.18 Å². The Morgan fingerprint density at radius 2 is 2.28 bits per heavy atom. The van der Waals surface area contributed by atoms with E-state index in [4.69, 9.17) is 9.52 Å². The SMILES string of the molecule is O=C(O)CCc1coc(Cc2cccc(F)c2)n1. The van der Waals surface area contributed by atoms with Crippen molar-refractivity contribution < 1.29 is 18.7 Å². The Bertz CT molecular complexity index is 551. The van der Waals surface area contributed by atoms with Crippen LogP contribution in [0.25, 0.3) is 0 Å². The molecule has 1 heterocycles. The molecule has 0 bridgehead atoms. The molecule has 1 aromatic heterocycles. The number of carbonyl (C=O) groups is 1. The van der Waals surface area contributed by atoms with Crippen LogP contribution in [-0.2, 0) is 17.6 Å². The molecule has 0 spiro atoms. The van der Waals surface area contributed by atoms with Crippen LogP contribution in [0.5, 0.6) is 0 Å². The fourth-order valence-electron chi connectivity index (χ4n) is 1.60. The van der Waals surface area contributed by atoms with Gasteiger partial charge in [0.1, 0.15) is 12.1 Å². The summed E-state index contributed by atoms with van der Waals surface area (Å²) in [5.41, 5.74) is 1.37. The molecule has 0 atom stereocenters. The zero-order valence-corrected chi connectivity index (χ0v) is 9.60. The summed E-state index contributed by atoms with van der Waals surface area (Å²) in [5, 5.41) is 8.55. The molecule has 0 aliphatic rings. The van der Waals surface area contributed by atoms with Crippen LogP contribution in [0.3, 0.4) is 0 Å². The van der Waals surface area contributed by atoms with Crippen molar-refractivity contribution in [2.24, 2.45) is 0 Å². The van der Waals surface area contributed by atoms with Crippen molar-refractivity contribution in [3.05, 3.63) is 53.5 Å². The Hall–Kier alpha value is -2.17. The smallest absolute Gasteiger partial charge is 0.303 e. The van der Waals surface area contributed by atoms with Gasteiger partial charge < -0.3 is 9.52 Å². The lowest BCUT2D eigenvalue weighted by molar-refractivity contribution is -0.136. The highest BCUT2D eigenvalue weighted by Crippen LogP contribution is 2.11. The van der Waals surface area contributed by atoms with Crippen LogP contribution in [0.1, 0.15) is 23.6 Å². The first-order valence-corrected chi connectivity index (χ1v) is 5.53. The summed E-state index contributed by atoms with van der Waals surface area (Å²) in [7, 11) is 0. The number of hydrogen-bond donors (Lipinski definition) is 1. The fraction of sp³-hybridized carbons (Fsp3) is 0.231. The van der Waals surface area contributed by atoms with Gasteiger partial charge in [0.2, 0.25) is 0 Å². The maximum Gasteiger partial charge on any atom is 0.303 e. The van der Waals surface area contributed by atoms with Crippen LogP contribution in [-0.4, -0.2) is 16.1 Å². The molecule has 94 valence electrons. The lowest BCUT2D eigenvalue weighted by Gasteiger charge is -1.96. The number of carboxylic acid groups (broad SMARTS) is 1. The predicted octanol–water partition coefficient (Wildman–Crippen LogP) is 2.42. The number of nitrogens with zero attached hydrogens (tertiary/aromatic N) is 1. The topological polar surface area (TPSA) is 63.3 Å². The lowest BCUT2D eigenvalue weighted by atomic mass is 10.1. The van der Waals surface area contributed by atoms with E-state index in [0.29, 0.717) is 24.4 Å². The maximum atomic E-state index is 13.0. The molecule has 0 amide bonds. The van der Waals surface area contributed by atoms with E-state index in [1.807, 2.05) is 0 Å². The third kappa shape index (κ3) is 3.41. The van der Waals surface area contributed by atoms with Gasteiger partial charge in [-0.15, -0.1) is 0 Å². The second kappa shape index (κ2) is 5.44. The molecule has 2 rings (SSSR count). The highest BCUT2D eigenvalue weighted by Gasteiger charge is 2.07. The largest absolute Gasteiger partial charge is 0.481 e.